The number of hydrogen-bond donors (Lipinski definition) is 1. The fourth-order valence-electron chi connectivity index (χ4n) is 3.84. The van der Waals surface area contributed by atoms with Crippen molar-refractivity contribution in [3.05, 3.63) is 63.1 Å². The van der Waals surface area contributed by atoms with Crippen molar-refractivity contribution < 1.29 is 18.0 Å². The predicted octanol–water partition coefficient (Wildman–Crippen LogP) is 4.71. The zero-order chi connectivity index (χ0) is 26.5. The third kappa shape index (κ3) is 8.12. The van der Waals surface area contributed by atoms with Crippen molar-refractivity contribution >= 4 is 50.7 Å². The van der Waals surface area contributed by atoms with E-state index >= 15 is 0 Å². The highest BCUT2D eigenvalue weighted by atomic mass is 35.5. The van der Waals surface area contributed by atoms with Crippen LogP contribution in [0, 0.1) is 13.8 Å². The molecular formula is C25H33Cl2N3O4S. The molecule has 192 valence electrons. The summed E-state index contributed by atoms with van der Waals surface area (Å²) in [5, 5.41) is 3.55. The van der Waals surface area contributed by atoms with Crippen LogP contribution in [0.1, 0.15) is 43.9 Å². The molecule has 0 heterocycles. The van der Waals surface area contributed by atoms with Crippen LogP contribution in [0.4, 0.5) is 5.69 Å². The second-order valence-corrected chi connectivity index (χ2v) is 11.7. The second-order valence-electron chi connectivity index (χ2n) is 8.97. The molecule has 0 aliphatic heterocycles. The summed E-state index contributed by atoms with van der Waals surface area (Å²) in [4.78, 5) is 28.1. The van der Waals surface area contributed by atoms with Crippen molar-refractivity contribution in [2.24, 2.45) is 0 Å². The van der Waals surface area contributed by atoms with Gasteiger partial charge in [0.2, 0.25) is 21.8 Å². The first kappa shape index (κ1) is 28.9. The van der Waals surface area contributed by atoms with E-state index in [2.05, 4.69) is 5.32 Å². The molecule has 2 rings (SSSR count). The molecule has 0 radical (unpaired) electrons. The van der Waals surface area contributed by atoms with E-state index in [1.165, 1.54) is 4.90 Å². The highest BCUT2D eigenvalue weighted by Crippen LogP contribution is 2.25. The zero-order valence-corrected chi connectivity index (χ0v) is 23.3. The molecule has 7 nitrogen and oxygen atoms in total. The normalized spacial score (nSPS) is 12.4. The first-order chi connectivity index (χ1) is 16.2. The lowest BCUT2D eigenvalue weighted by atomic mass is 10.1. The molecule has 0 aliphatic rings. The fraction of sp³-hybridized carbons (Fsp3) is 0.440. The van der Waals surface area contributed by atoms with Gasteiger partial charge in [0.1, 0.15) is 12.6 Å². The van der Waals surface area contributed by atoms with E-state index in [-0.39, 0.29) is 18.5 Å². The van der Waals surface area contributed by atoms with Gasteiger partial charge in [0.25, 0.3) is 0 Å². The average Bonchev–Trinajstić information content (AvgIpc) is 2.72. The lowest BCUT2D eigenvalue weighted by Crippen LogP contribution is -2.53. The molecule has 0 saturated heterocycles. The number of benzene rings is 2. The minimum absolute atomic E-state index is 0.0597. The maximum atomic E-state index is 13.7. The Bertz CT molecular complexity index is 1160. The molecule has 1 unspecified atom stereocenters. The molecule has 0 fully saturated rings. The van der Waals surface area contributed by atoms with E-state index in [0.29, 0.717) is 27.7 Å². The van der Waals surface area contributed by atoms with Gasteiger partial charge in [-0.1, -0.05) is 42.3 Å². The first-order valence-corrected chi connectivity index (χ1v) is 13.9. The number of carbonyl (C=O) groups is 2. The number of rotatable bonds is 10. The van der Waals surface area contributed by atoms with Gasteiger partial charge in [-0.05, 0) is 75.1 Å². The van der Waals surface area contributed by atoms with E-state index in [9.17, 15) is 18.0 Å². The monoisotopic (exact) mass is 541 g/mol. The van der Waals surface area contributed by atoms with Gasteiger partial charge >= 0.3 is 0 Å². The summed E-state index contributed by atoms with van der Waals surface area (Å²) in [5.74, 6) is -0.820. The number of amides is 2. The standard InChI is InChI=1S/C25H33Cl2N3O4S/c1-7-23(25(32)28-16(2)3)29(14-19-8-9-21(26)22(27)13-19)24(31)15-30(35(6,33)34)20-11-17(4)10-18(5)12-20/h8-13,16,23H,7,14-15H2,1-6H3,(H,28,32). The predicted molar refractivity (Wildman–Crippen MR) is 142 cm³/mol. The molecule has 0 bridgehead atoms. The summed E-state index contributed by atoms with van der Waals surface area (Å²) in [5.41, 5.74) is 2.81. The van der Waals surface area contributed by atoms with Gasteiger partial charge in [0.15, 0.2) is 0 Å². The maximum Gasteiger partial charge on any atom is 0.244 e. The number of anilines is 1. The average molecular weight is 543 g/mol. The molecule has 1 atom stereocenters. The van der Waals surface area contributed by atoms with Crippen LogP contribution >= 0.6 is 23.2 Å². The summed E-state index contributed by atoms with van der Waals surface area (Å²) in [6.07, 6.45) is 1.40. The molecule has 0 spiro atoms. The van der Waals surface area contributed by atoms with Crippen molar-refractivity contribution in [2.45, 2.75) is 59.7 Å². The van der Waals surface area contributed by atoms with Crippen LogP contribution < -0.4 is 9.62 Å². The van der Waals surface area contributed by atoms with E-state index in [1.807, 2.05) is 33.8 Å². The topological polar surface area (TPSA) is 86.8 Å². The van der Waals surface area contributed by atoms with Crippen molar-refractivity contribution in [1.29, 1.82) is 0 Å². The molecule has 2 aromatic rings. The number of halogens is 2. The number of hydrogen-bond acceptors (Lipinski definition) is 4. The lowest BCUT2D eigenvalue weighted by molar-refractivity contribution is -0.140. The number of sulfonamides is 1. The van der Waals surface area contributed by atoms with Crippen LogP contribution in [0.2, 0.25) is 10.0 Å². The Labute approximate surface area is 218 Å². The van der Waals surface area contributed by atoms with Crippen LogP contribution in [0.3, 0.4) is 0 Å². The summed E-state index contributed by atoms with van der Waals surface area (Å²) >= 11 is 12.2. The van der Waals surface area contributed by atoms with Gasteiger partial charge in [-0.3, -0.25) is 13.9 Å². The second kappa shape index (κ2) is 12.1. The Morgan fingerprint density at radius 2 is 1.60 bits per heavy atom. The van der Waals surface area contributed by atoms with Gasteiger partial charge in [-0.15, -0.1) is 0 Å². The van der Waals surface area contributed by atoms with Crippen LogP contribution in [0.5, 0.6) is 0 Å². The van der Waals surface area contributed by atoms with Crippen LogP contribution in [0.25, 0.3) is 0 Å². The minimum Gasteiger partial charge on any atom is -0.352 e. The van der Waals surface area contributed by atoms with Crippen molar-refractivity contribution in [3.8, 4) is 0 Å². The Kier molecular flexibility index (Phi) is 10.0. The molecule has 2 aromatic carbocycles. The molecular weight excluding hydrogens is 509 g/mol. The van der Waals surface area contributed by atoms with Gasteiger partial charge in [0.05, 0.1) is 22.0 Å². The van der Waals surface area contributed by atoms with Crippen LogP contribution in [0.15, 0.2) is 36.4 Å². The summed E-state index contributed by atoms with van der Waals surface area (Å²) in [6, 6.07) is 9.40. The number of nitrogens with one attached hydrogen (secondary N) is 1. The van der Waals surface area contributed by atoms with Crippen LogP contribution in [-0.4, -0.2) is 50.0 Å². The van der Waals surface area contributed by atoms with Gasteiger partial charge < -0.3 is 10.2 Å². The molecule has 0 aromatic heterocycles. The van der Waals surface area contributed by atoms with Crippen molar-refractivity contribution in [2.75, 3.05) is 17.1 Å². The summed E-state index contributed by atoms with van der Waals surface area (Å²) in [7, 11) is -3.79. The Morgan fingerprint density at radius 3 is 2.09 bits per heavy atom. The Balaban J connectivity index is 2.50. The lowest BCUT2D eigenvalue weighted by Gasteiger charge is -2.33. The quantitative estimate of drug-likeness (QED) is 0.471. The largest absolute Gasteiger partial charge is 0.352 e. The molecule has 0 aliphatic carbocycles. The number of nitrogens with zero attached hydrogens (tertiary/aromatic N) is 2. The first-order valence-electron chi connectivity index (χ1n) is 11.3. The van der Waals surface area contributed by atoms with E-state index in [0.717, 1.165) is 21.7 Å². The number of carbonyl (C=O) groups excluding carboxylic acids is 2. The third-order valence-electron chi connectivity index (χ3n) is 5.33. The smallest absolute Gasteiger partial charge is 0.244 e. The maximum absolute atomic E-state index is 13.7. The minimum atomic E-state index is -3.79. The zero-order valence-electron chi connectivity index (χ0n) is 20.9. The summed E-state index contributed by atoms with van der Waals surface area (Å²) < 4.78 is 26.5. The molecule has 2 amide bonds. The highest BCUT2D eigenvalue weighted by molar-refractivity contribution is 7.92. The fourth-order valence-corrected chi connectivity index (χ4v) is 5.00. The highest BCUT2D eigenvalue weighted by Gasteiger charge is 2.32. The van der Waals surface area contributed by atoms with Crippen molar-refractivity contribution in [1.82, 2.24) is 10.2 Å². The van der Waals surface area contributed by atoms with Gasteiger partial charge in [-0.2, -0.15) is 0 Å². The van der Waals surface area contributed by atoms with E-state index in [4.69, 9.17) is 23.2 Å². The Hall–Kier alpha value is -2.29. The molecule has 10 heteroatoms. The third-order valence-corrected chi connectivity index (χ3v) is 7.21. The van der Waals surface area contributed by atoms with E-state index in [1.54, 1.807) is 37.3 Å². The van der Waals surface area contributed by atoms with Gasteiger partial charge in [0, 0.05) is 12.6 Å². The van der Waals surface area contributed by atoms with Gasteiger partial charge in [-0.25, -0.2) is 8.42 Å². The molecule has 35 heavy (non-hydrogen) atoms. The van der Waals surface area contributed by atoms with Crippen LogP contribution in [-0.2, 0) is 26.2 Å². The van der Waals surface area contributed by atoms with E-state index < -0.39 is 28.5 Å². The van der Waals surface area contributed by atoms with Crippen molar-refractivity contribution in [3.63, 3.8) is 0 Å². The number of aryl methyl sites for hydroxylation is 2. The molecule has 0 saturated carbocycles. The SMILES string of the molecule is CCC(C(=O)NC(C)C)N(Cc1ccc(Cl)c(Cl)c1)C(=O)CN(c1cc(C)cc(C)c1)S(C)(=O)=O. The molecule has 1 N–H and O–H groups in total. The summed E-state index contributed by atoms with van der Waals surface area (Å²) in [6.45, 7) is 8.80. The Morgan fingerprint density at radius 1 is 1.00 bits per heavy atom.